The zero-order valence-electron chi connectivity index (χ0n) is 23.3. The highest BCUT2D eigenvalue weighted by atomic mass is 19.1. The molecular formula is C29H33F2N7O3. The first-order chi connectivity index (χ1) is 19.7. The molecule has 4 atom stereocenters. The summed E-state index contributed by atoms with van der Waals surface area (Å²) in [6.45, 7) is 2.18. The molecule has 3 aromatic heterocycles. The van der Waals surface area contributed by atoms with Gasteiger partial charge in [-0.2, -0.15) is 9.61 Å². The van der Waals surface area contributed by atoms with Gasteiger partial charge in [0.05, 0.1) is 54.6 Å². The van der Waals surface area contributed by atoms with Crippen LogP contribution in [0.15, 0.2) is 48.9 Å². The Morgan fingerprint density at radius 3 is 2.61 bits per heavy atom. The quantitative estimate of drug-likeness (QED) is 0.326. The smallest absolute Gasteiger partial charge is 0.409 e. The lowest BCUT2D eigenvalue weighted by Gasteiger charge is -2.43. The van der Waals surface area contributed by atoms with E-state index in [9.17, 15) is 13.6 Å². The Bertz CT molecular complexity index is 1530. The number of hydrogen-bond donors (Lipinski definition) is 2. The molecule has 1 aliphatic rings. The van der Waals surface area contributed by atoms with Crippen molar-refractivity contribution < 1.29 is 23.0 Å². The minimum Gasteiger partial charge on any atom is -0.453 e. The van der Waals surface area contributed by atoms with Crippen LogP contribution in [0.2, 0.25) is 0 Å². The molecule has 0 unspecified atom stereocenters. The summed E-state index contributed by atoms with van der Waals surface area (Å²) in [5.74, 6) is -0.884. The summed E-state index contributed by atoms with van der Waals surface area (Å²) < 4.78 is 41.3. The van der Waals surface area contributed by atoms with Crippen molar-refractivity contribution in [3.05, 3.63) is 71.7 Å². The molecule has 0 bridgehead atoms. The minimum atomic E-state index is -0.730. The highest BCUT2D eigenvalue weighted by Gasteiger charge is 2.39. The maximum absolute atomic E-state index is 14.9. The lowest BCUT2D eigenvalue weighted by Crippen LogP contribution is -2.55. The Balaban J connectivity index is 1.43. The van der Waals surface area contributed by atoms with E-state index in [1.807, 2.05) is 6.07 Å². The number of pyridine rings is 1. The van der Waals surface area contributed by atoms with E-state index in [0.29, 0.717) is 23.4 Å². The van der Waals surface area contributed by atoms with Crippen LogP contribution in [0.3, 0.4) is 0 Å². The fourth-order valence-electron chi connectivity index (χ4n) is 5.97. The van der Waals surface area contributed by atoms with Gasteiger partial charge in [0.2, 0.25) is 5.95 Å². The zero-order valence-corrected chi connectivity index (χ0v) is 23.3. The van der Waals surface area contributed by atoms with Crippen molar-refractivity contribution in [3.63, 3.8) is 0 Å². The van der Waals surface area contributed by atoms with E-state index in [0.717, 1.165) is 17.7 Å². The van der Waals surface area contributed by atoms with E-state index in [1.54, 1.807) is 42.7 Å². The highest BCUT2D eigenvalue weighted by Crippen LogP contribution is 2.40. The number of hydrogen-bond acceptors (Lipinski definition) is 8. The van der Waals surface area contributed by atoms with Gasteiger partial charge in [-0.15, -0.1) is 0 Å². The number of carbonyl (C=O) groups excluding carboxylic acids is 1. The topological polar surface area (TPSA) is 120 Å². The zero-order chi connectivity index (χ0) is 29.3. The Morgan fingerprint density at radius 1 is 1.17 bits per heavy atom. The van der Waals surface area contributed by atoms with Crippen LogP contribution in [0.1, 0.15) is 36.8 Å². The average Bonchev–Trinajstić information content (AvgIpc) is 3.34. The van der Waals surface area contributed by atoms with Gasteiger partial charge in [-0.1, -0.05) is 6.92 Å². The maximum Gasteiger partial charge on any atom is 0.409 e. The van der Waals surface area contributed by atoms with Crippen LogP contribution in [-0.2, 0) is 16.1 Å². The van der Waals surface area contributed by atoms with Crippen LogP contribution in [0.25, 0.3) is 16.8 Å². The molecule has 0 spiro atoms. The van der Waals surface area contributed by atoms with Crippen molar-refractivity contribution in [2.75, 3.05) is 26.6 Å². The Labute approximate surface area is 236 Å². The Hall–Kier alpha value is -4.16. The first-order valence-corrected chi connectivity index (χ1v) is 13.3. The number of halogens is 2. The maximum atomic E-state index is 14.9. The van der Waals surface area contributed by atoms with Crippen LogP contribution in [-0.4, -0.2) is 63.9 Å². The van der Waals surface area contributed by atoms with E-state index >= 15 is 0 Å². The minimum absolute atomic E-state index is 0.0938. The summed E-state index contributed by atoms with van der Waals surface area (Å²) in [7, 11) is 4.53. The largest absolute Gasteiger partial charge is 0.453 e. The lowest BCUT2D eigenvalue weighted by atomic mass is 9.73. The number of anilines is 2. The predicted molar refractivity (Wildman–Crippen MR) is 150 cm³/mol. The number of nitrogens with two attached hydrogens (primary N) is 1. The third-order valence-corrected chi connectivity index (χ3v) is 7.74. The molecule has 0 radical (unpaired) electrons. The van der Waals surface area contributed by atoms with E-state index in [1.165, 1.54) is 30.9 Å². The van der Waals surface area contributed by atoms with Gasteiger partial charge < -0.3 is 25.4 Å². The van der Waals surface area contributed by atoms with Gasteiger partial charge in [-0.25, -0.2) is 18.6 Å². The molecule has 1 aromatic carbocycles. The number of aromatic nitrogens is 4. The molecule has 4 aromatic rings. The van der Waals surface area contributed by atoms with Crippen molar-refractivity contribution in [1.82, 2.24) is 24.5 Å². The number of imidazole rings is 1. The third-order valence-electron chi connectivity index (χ3n) is 7.74. The number of rotatable bonds is 7. The second-order valence-electron chi connectivity index (χ2n) is 10.5. The van der Waals surface area contributed by atoms with Crippen molar-refractivity contribution in [3.8, 4) is 11.3 Å². The van der Waals surface area contributed by atoms with Gasteiger partial charge in [-0.05, 0) is 66.1 Å². The van der Waals surface area contributed by atoms with Gasteiger partial charge in [-0.3, -0.25) is 4.98 Å². The summed E-state index contributed by atoms with van der Waals surface area (Å²) in [5, 5.41) is 7.82. The highest BCUT2D eigenvalue weighted by molar-refractivity contribution is 5.68. The SMILES string of the molecule is COCc1cc(F)c(-c2ccc3cnc(Nc4cnccc4[C@H]4C[C@@H](N)[C@@H](N(C)C(=O)OC)[C@@H](C)C4)n3n2)c(F)c1. The van der Waals surface area contributed by atoms with E-state index in [4.69, 9.17) is 15.2 Å². The lowest BCUT2D eigenvalue weighted by molar-refractivity contribution is 0.0778. The summed E-state index contributed by atoms with van der Waals surface area (Å²) in [6.07, 6.45) is 6.08. The van der Waals surface area contributed by atoms with Gasteiger partial charge >= 0.3 is 6.09 Å². The molecule has 41 heavy (non-hydrogen) atoms. The fourth-order valence-corrected chi connectivity index (χ4v) is 5.97. The number of carbonyl (C=O) groups is 1. The molecule has 5 rings (SSSR count). The van der Waals surface area contributed by atoms with Gasteiger partial charge in [0.15, 0.2) is 0 Å². The molecule has 1 saturated carbocycles. The third kappa shape index (κ3) is 5.57. The molecule has 216 valence electrons. The average molecular weight is 566 g/mol. The van der Waals surface area contributed by atoms with Crippen LogP contribution in [0.5, 0.6) is 0 Å². The first-order valence-electron chi connectivity index (χ1n) is 13.3. The molecule has 0 aliphatic heterocycles. The summed E-state index contributed by atoms with van der Waals surface area (Å²) in [5.41, 5.74) is 9.23. The summed E-state index contributed by atoms with van der Waals surface area (Å²) >= 11 is 0. The normalized spacial score (nSPS) is 20.7. The summed E-state index contributed by atoms with van der Waals surface area (Å²) in [4.78, 5) is 22.5. The number of benzene rings is 1. The molecule has 1 amide bonds. The van der Waals surface area contributed by atoms with Crippen molar-refractivity contribution in [2.24, 2.45) is 11.7 Å². The Morgan fingerprint density at radius 2 is 1.93 bits per heavy atom. The fraction of sp³-hybridized carbons (Fsp3) is 0.379. The number of nitrogens with one attached hydrogen (secondary N) is 1. The van der Waals surface area contributed by atoms with Crippen LogP contribution in [0, 0.1) is 17.6 Å². The molecule has 1 fully saturated rings. The molecule has 3 N–H and O–H groups in total. The number of methoxy groups -OCH3 is 2. The van der Waals surface area contributed by atoms with Gasteiger partial charge in [0.25, 0.3) is 0 Å². The predicted octanol–water partition coefficient (Wildman–Crippen LogP) is 4.87. The van der Waals surface area contributed by atoms with Gasteiger partial charge in [0.1, 0.15) is 11.6 Å². The monoisotopic (exact) mass is 565 g/mol. The van der Waals surface area contributed by atoms with Crippen molar-refractivity contribution in [1.29, 1.82) is 0 Å². The van der Waals surface area contributed by atoms with Crippen LogP contribution in [0.4, 0.5) is 25.2 Å². The second-order valence-corrected chi connectivity index (χ2v) is 10.5. The first kappa shape index (κ1) is 28.4. The number of amides is 1. The standard InChI is InChI=1S/C29H33F2N7O3/c1-16-9-18(12-23(32)27(16)37(2)29(39)41-4)20-7-8-33-14-25(20)35-28-34-13-19-5-6-24(36-38(19)28)26-21(30)10-17(15-40-3)11-22(26)31/h5-8,10-11,13-14,16,18,23,27H,9,12,15,32H2,1-4H3,(H,34,35)/t16-,18+,23+,27-/m0/s1. The molecule has 0 saturated heterocycles. The number of fused-ring (bicyclic) bond motifs is 1. The van der Waals surface area contributed by atoms with Crippen molar-refractivity contribution in [2.45, 2.75) is 44.4 Å². The van der Waals surface area contributed by atoms with Crippen molar-refractivity contribution >= 4 is 23.2 Å². The molecule has 12 heteroatoms. The Kier molecular flexibility index (Phi) is 8.13. The molecule has 1 aliphatic carbocycles. The number of nitrogens with zero attached hydrogens (tertiary/aromatic N) is 5. The van der Waals surface area contributed by atoms with E-state index in [2.05, 4.69) is 27.3 Å². The second kappa shape index (κ2) is 11.8. The number of ether oxygens (including phenoxy) is 2. The molecule has 3 heterocycles. The van der Waals surface area contributed by atoms with Gasteiger partial charge in [0, 0.05) is 26.4 Å². The van der Waals surface area contributed by atoms with E-state index < -0.39 is 17.7 Å². The number of likely N-dealkylation sites (N-methyl/N-ethyl adjacent to an activating group) is 1. The van der Waals surface area contributed by atoms with Crippen LogP contribution >= 0.6 is 0 Å². The van der Waals surface area contributed by atoms with E-state index in [-0.39, 0.29) is 41.8 Å². The molecular weight excluding hydrogens is 532 g/mol. The summed E-state index contributed by atoms with van der Waals surface area (Å²) in [6, 6.07) is 7.27. The molecule has 10 nitrogen and oxygen atoms in total. The van der Waals surface area contributed by atoms with Crippen LogP contribution < -0.4 is 11.1 Å².